The second-order valence-electron chi connectivity index (χ2n) is 1.91. The zero-order valence-electron chi connectivity index (χ0n) is 6.72. The molecule has 1 amide bonds. The number of nitrogens with zero attached hydrogens (tertiary/aromatic N) is 2. The van der Waals surface area contributed by atoms with Gasteiger partial charge in [-0.15, -0.1) is 0 Å². The largest absolute Gasteiger partial charge is 0.462 e. The molecule has 3 N–H and O–H groups in total. The molecule has 70 valence electrons. The third-order valence-electron chi connectivity index (χ3n) is 1.01. The Kier molecular flexibility index (Phi) is 3.82. The molecule has 0 fully saturated rings. The van der Waals surface area contributed by atoms with Crippen molar-refractivity contribution >= 4 is 12.1 Å². The van der Waals surface area contributed by atoms with Gasteiger partial charge >= 0.3 is 12.1 Å². The van der Waals surface area contributed by atoms with E-state index in [0.29, 0.717) is 0 Å². The number of nitriles is 1. The third-order valence-corrected chi connectivity index (χ3v) is 1.01. The lowest BCUT2D eigenvalue weighted by molar-refractivity contribution is -0.164. The van der Waals surface area contributed by atoms with Crippen molar-refractivity contribution < 1.29 is 19.5 Å². The average molecular weight is 185 g/mol. The average Bonchev–Trinajstić information content (AvgIpc) is 2.11. The van der Waals surface area contributed by atoms with Crippen molar-refractivity contribution in [3.63, 3.8) is 0 Å². The van der Waals surface area contributed by atoms with Crippen LogP contribution in [-0.4, -0.2) is 22.2 Å². The van der Waals surface area contributed by atoms with Crippen LogP contribution < -0.4 is 5.73 Å². The number of rotatable bonds is 1. The SMILES string of the molecule is CC(=CN)C(=O)ON(C#N)C(=O)O. The number of hydrogen-bond acceptors (Lipinski definition) is 5. The molecule has 0 aliphatic heterocycles. The van der Waals surface area contributed by atoms with Crippen LogP contribution in [0.15, 0.2) is 11.8 Å². The molecule has 0 aliphatic carbocycles. The molecule has 0 aromatic heterocycles. The number of hydrogen-bond donors (Lipinski definition) is 2. The van der Waals surface area contributed by atoms with E-state index >= 15 is 0 Å². The van der Waals surface area contributed by atoms with Gasteiger partial charge in [0.2, 0.25) is 6.19 Å². The van der Waals surface area contributed by atoms with Crippen LogP contribution in [0.4, 0.5) is 4.79 Å². The summed E-state index contributed by atoms with van der Waals surface area (Å²) < 4.78 is 0. The minimum atomic E-state index is -1.68. The first-order chi connectivity index (χ1) is 6.02. The van der Waals surface area contributed by atoms with Crippen molar-refractivity contribution in [1.82, 2.24) is 5.06 Å². The van der Waals surface area contributed by atoms with Gasteiger partial charge in [-0.2, -0.15) is 5.26 Å². The molecular formula is C6H7N3O4. The van der Waals surface area contributed by atoms with Crippen LogP contribution in [0, 0.1) is 11.5 Å². The van der Waals surface area contributed by atoms with Crippen LogP contribution >= 0.6 is 0 Å². The first-order valence-electron chi connectivity index (χ1n) is 3.06. The summed E-state index contributed by atoms with van der Waals surface area (Å²) in [4.78, 5) is 25.1. The smallest absolute Gasteiger partial charge is 0.455 e. The molecule has 0 atom stereocenters. The summed E-state index contributed by atoms with van der Waals surface area (Å²) in [7, 11) is 0. The summed E-state index contributed by atoms with van der Waals surface area (Å²) in [6, 6.07) is 0. The fourth-order valence-corrected chi connectivity index (χ4v) is 0.325. The summed E-state index contributed by atoms with van der Waals surface area (Å²) >= 11 is 0. The van der Waals surface area contributed by atoms with E-state index in [4.69, 9.17) is 16.1 Å². The Morgan fingerprint density at radius 1 is 1.69 bits per heavy atom. The molecule has 0 saturated carbocycles. The molecule has 7 nitrogen and oxygen atoms in total. The first kappa shape index (κ1) is 10.8. The number of carboxylic acid groups (broad SMARTS) is 1. The summed E-state index contributed by atoms with van der Waals surface area (Å²) in [5.41, 5.74) is 4.96. The van der Waals surface area contributed by atoms with Gasteiger partial charge in [0.15, 0.2) is 0 Å². The van der Waals surface area contributed by atoms with E-state index in [1.807, 2.05) is 0 Å². The van der Waals surface area contributed by atoms with E-state index in [0.717, 1.165) is 12.4 Å². The van der Waals surface area contributed by atoms with Crippen LogP contribution in [0.5, 0.6) is 0 Å². The molecule has 13 heavy (non-hydrogen) atoms. The predicted octanol–water partition coefficient (Wildman–Crippen LogP) is -0.232. The van der Waals surface area contributed by atoms with Gasteiger partial charge in [0.1, 0.15) is 0 Å². The maximum Gasteiger partial charge on any atom is 0.455 e. The normalized spacial score (nSPS) is 10.0. The lowest BCUT2D eigenvalue weighted by Crippen LogP contribution is -2.28. The topological polar surface area (TPSA) is 117 Å². The first-order valence-corrected chi connectivity index (χ1v) is 3.06. The molecule has 7 heteroatoms. The number of nitrogens with two attached hydrogens (primary N) is 1. The van der Waals surface area contributed by atoms with Gasteiger partial charge in [-0.3, -0.25) is 0 Å². The Labute approximate surface area is 73.6 Å². The van der Waals surface area contributed by atoms with Crippen molar-refractivity contribution in [2.45, 2.75) is 6.92 Å². The Bertz CT molecular complexity index is 291. The van der Waals surface area contributed by atoms with E-state index in [9.17, 15) is 9.59 Å². The van der Waals surface area contributed by atoms with Crippen molar-refractivity contribution in [2.24, 2.45) is 5.73 Å². The van der Waals surface area contributed by atoms with Gasteiger partial charge < -0.3 is 15.7 Å². The molecule has 0 radical (unpaired) electrons. The predicted molar refractivity (Wildman–Crippen MR) is 39.5 cm³/mol. The van der Waals surface area contributed by atoms with Crippen molar-refractivity contribution in [1.29, 1.82) is 5.26 Å². The van der Waals surface area contributed by atoms with Gasteiger partial charge in [-0.25, -0.2) is 9.59 Å². The second-order valence-corrected chi connectivity index (χ2v) is 1.91. The molecule has 0 heterocycles. The lowest BCUT2D eigenvalue weighted by atomic mass is 10.3. The van der Waals surface area contributed by atoms with E-state index < -0.39 is 12.1 Å². The minimum absolute atomic E-state index is 0.00139. The van der Waals surface area contributed by atoms with Crippen molar-refractivity contribution in [3.8, 4) is 6.19 Å². The van der Waals surface area contributed by atoms with E-state index in [1.165, 1.54) is 6.92 Å². The molecule has 0 aliphatic rings. The van der Waals surface area contributed by atoms with Gasteiger partial charge in [0.25, 0.3) is 0 Å². The van der Waals surface area contributed by atoms with Crippen LogP contribution in [0.2, 0.25) is 0 Å². The summed E-state index contributed by atoms with van der Waals surface area (Å²) in [5.74, 6) is -0.994. The number of amides is 1. The molecule has 0 saturated heterocycles. The molecule has 0 unspecified atom stereocenters. The standard InChI is InChI=1S/C6H7N3O4/c1-4(2-7)5(10)13-9(3-8)6(11)12/h2H,7H2,1H3,(H,11,12). The summed E-state index contributed by atoms with van der Waals surface area (Å²) in [5, 5.41) is 16.2. The molecule has 0 spiro atoms. The molecule has 0 aromatic carbocycles. The highest BCUT2D eigenvalue weighted by atomic mass is 16.7. The van der Waals surface area contributed by atoms with Crippen LogP contribution in [0.25, 0.3) is 0 Å². The Morgan fingerprint density at radius 2 is 2.23 bits per heavy atom. The van der Waals surface area contributed by atoms with Gasteiger partial charge in [-0.05, 0) is 12.0 Å². The molecular weight excluding hydrogens is 178 g/mol. The number of hydroxylamine groups is 2. The quantitative estimate of drug-likeness (QED) is 0.252. The van der Waals surface area contributed by atoms with Crippen molar-refractivity contribution in [2.75, 3.05) is 0 Å². The van der Waals surface area contributed by atoms with E-state index in [2.05, 4.69) is 4.84 Å². The Hall–Kier alpha value is -2.23. The van der Waals surface area contributed by atoms with Crippen LogP contribution in [0.1, 0.15) is 6.92 Å². The highest BCUT2D eigenvalue weighted by molar-refractivity contribution is 5.88. The highest BCUT2D eigenvalue weighted by Gasteiger charge is 2.17. The number of carbonyl (C=O) groups is 2. The van der Waals surface area contributed by atoms with Gasteiger partial charge in [0, 0.05) is 6.20 Å². The number of carbonyl (C=O) groups excluding carboxylic acids is 1. The van der Waals surface area contributed by atoms with Crippen LogP contribution in [-0.2, 0) is 9.63 Å². The molecule has 0 bridgehead atoms. The van der Waals surface area contributed by atoms with E-state index in [1.54, 1.807) is 0 Å². The minimum Gasteiger partial charge on any atom is -0.462 e. The summed E-state index contributed by atoms with van der Waals surface area (Å²) in [6.45, 7) is 1.32. The zero-order valence-corrected chi connectivity index (χ0v) is 6.72. The Balaban J connectivity index is 4.37. The maximum absolute atomic E-state index is 10.8. The fourth-order valence-electron chi connectivity index (χ4n) is 0.325. The van der Waals surface area contributed by atoms with Gasteiger partial charge in [0.05, 0.1) is 5.57 Å². The lowest BCUT2D eigenvalue weighted by Gasteiger charge is -2.07. The second kappa shape index (κ2) is 4.61. The fraction of sp³-hybridized carbons (Fsp3) is 0.167. The third kappa shape index (κ3) is 3.11. The highest BCUT2D eigenvalue weighted by Crippen LogP contribution is 1.97. The Morgan fingerprint density at radius 3 is 2.54 bits per heavy atom. The van der Waals surface area contributed by atoms with E-state index in [-0.39, 0.29) is 10.6 Å². The zero-order chi connectivity index (χ0) is 10.4. The summed E-state index contributed by atoms with van der Waals surface area (Å²) in [6.07, 6.45) is 0.398. The molecule has 0 aromatic rings. The van der Waals surface area contributed by atoms with Crippen LogP contribution in [0.3, 0.4) is 0 Å². The maximum atomic E-state index is 10.8. The molecule has 0 rings (SSSR count). The monoisotopic (exact) mass is 185 g/mol. The van der Waals surface area contributed by atoms with Crippen molar-refractivity contribution in [3.05, 3.63) is 11.8 Å². The van der Waals surface area contributed by atoms with Gasteiger partial charge in [-0.1, -0.05) is 0 Å².